The molecule has 0 radical (unpaired) electrons. The number of aromatic nitrogens is 4. The Balaban J connectivity index is 2.10. The lowest BCUT2D eigenvalue weighted by atomic mass is 10.0. The lowest BCUT2D eigenvalue weighted by molar-refractivity contribution is 0.103. The van der Waals surface area contributed by atoms with E-state index in [4.69, 9.17) is 11.6 Å². The number of aryl methyl sites for hydroxylation is 1. The van der Waals surface area contributed by atoms with Crippen LogP contribution in [-0.4, -0.2) is 45.0 Å². The summed E-state index contributed by atoms with van der Waals surface area (Å²) in [4.78, 5) is 16.1. The third-order valence-electron chi connectivity index (χ3n) is 3.66. The van der Waals surface area contributed by atoms with Crippen molar-refractivity contribution in [2.75, 3.05) is 14.1 Å². The van der Waals surface area contributed by atoms with Crippen molar-refractivity contribution >= 4 is 28.7 Å². The van der Waals surface area contributed by atoms with Crippen LogP contribution >= 0.6 is 22.9 Å². The molecule has 8 heteroatoms. The standard InChI is InChI=1S/C17H18ClN5OS/c1-4-11-9-13(16(24)12-7-5-6-8-14(12)18)17(25-11)23-15(10-22(2)3)19-20-21-23/h5-9H,4,10H2,1-3H3. The first kappa shape index (κ1) is 17.7. The Hall–Kier alpha value is -2.09. The zero-order valence-electron chi connectivity index (χ0n) is 14.2. The summed E-state index contributed by atoms with van der Waals surface area (Å²) in [5.41, 5.74) is 1.05. The Labute approximate surface area is 155 Å². The Morgan fingerprint density at radius 3 is 2.72 bits per heavy atom. The van der Waals surface area contributed by atoms with E-state index >= 15 is 0 Å². The number of carbonyl (C=O) groups is 1. The van der Waals surface area contributed by atoms with Crippen LogP contribution in [0.5, 0.6) is 0 Å². The Bertz CT molecular complexity index is 902. The van der Waals surface area contributed by atoms with Crippen molar-refractivity contribution in [3.05, 3.63) is 57.2 Å². The average Bonchev–Trinajstić information content (AvgIpc) is 3.20. The molecule has 0 fully saturated rings. The average molecular weight is 376 g/mol. The van der Waals surface area contributed by atoms with Crippen molar-refractivity contribution in [1.29, 1.82) is 0 Å². The predicted octanol–water partition coefficient (Wildman–Crippen LogP) is 3.23. The minimum Gasteiger partial charge on any atom is -0.302 e. The van der Waals surface area contributed by atoms with Crippen LogP contribution in [0.2, 0.25) is 5.02 Å². The summed E-state index contributed by atoms with van der Waals surface area (Å²) in [6, 6.07) is 8.98. The van der Waals surface area contributed by atoms with E-state index in [-0.39, 0.29) is 5.78 Å². The molecule has 0 aliphatic rings. The third kappa shape index (κ3) is 3.63. The number of rotatable bonds is 6. The second-order valence-electron chi connectivity index (χ2n) is 5.84. The van der Waals surface area contributed by atoms with Crippen molar-refractivity contribution in [1.82, 2.24) is 25.1 Å². The highest BCUT2D eigenvalue weighted by atomic mass is 35.5. The van der Waals surface area contributed by atoms with E-state index in [0.717, 1.165) is 16.3 Å². The molecule has 0 N–H and O–H groups in total. The molecule has 3 rings (SSSR count). The molecule has 3 aromatic rings. The first-order valence-electron chi connectivity index (χ1n) is 7.85. The van der Waals surface area contributed by atoms with E-state index in [0.29, 0.717) is 28.5 Å². The van der Waals surface area contributed by atoms with E-state index < -0.39 is 0 Å². The fraction of sp³-hybridized carbons (Fsp3) is 0.294. The molecule has 0 atom stereocenters. The molecule has 0 unspecified atom stereocenters. The van der Waals surface area contributed by atoms with Gasteiger partial charge in [0.1, 0.15) is 5.00 Å². The highest BCUT2D eigenvalue weighted by Gasteiger charge is 2.23. The lowest BCUT2D eigenvalue weighted by Crippen LogP contribution is -2.16. The van der Waals surface area contributed by atoms with Crippen LogP contribution in [0.15, 0.2) is 30.3 Å². The molecule has 0 amide bonds. The van der Waals surface area contributed by atoms with E-state index in [1.165, 1.54) is 11.3 Å². The first-order chi connectivity index (χ1) is 12.0. The van der Waals surface area contributed by atoms with Gasteiger partial charge in [0.25, 0.3) is 0 Å². The van der Waals surface area contributed by atoms with E-state index in [1.54, 1.807) is 22.9 Å². The van der Waals surface area contributed by atoms with Gasteiger partial charge in [-0.3, -0.25) is 4.79 Å². The second kappa shape index (κ2) is 7.43. The maximum Gasteiger partial charge on any atom is 0.197 e. The van der Waals surface area contributed by atoms with Crippen molar-refractivity contribution in [2.45, 2.75) is 19.9 Å². The summed E-state index contributed by atoms with van der Waals surface area (Å²) >= 11 is 7.74. The minimum absolute atomic E-state index is 0.122. The van der Waals surface area contributed by atoms with Gasteiger partial charge in [0.2, 0.25) is 0 Å². The molecular weight excluding hydrogens is 358 g/mol. The van der Waals surface area contributed by atoms with Crippen LogP contribution < -0.4 is 0 Å². The number of thiophene rings is 1. The van der Waals surface area contributed by atoms with Crippen LogP contribution in [-0.2, 0) is 13.0 Å². The third-order valence-corrected chi connectivity index (χ3v) is 5.24. The molecule has 0 spiro atoms. The summed E-state index contributed by atoms with van der Waals surface area (Å²) in [5, 5.41) is 13.1. The minimum atomic E-state index is -0.122. The molecule has 1 aromatic carbocycles. The zero-order chi connectivity index (χ0) is 18.0. The monoisotopic (exact) mass is 375 g/mol. The topological polar surface area (TPSA) is 63.9 Å². The molecule has 6 nitrogen and oxygen atoms in total. The number of nitrogens with zero attached hydrogens (tertiary/aromatic N) is 5. The lowest BCUT2D eigenvalue weighted by Gasteiger charge is -2.10. The van der Waals surface area contributed by atoms with Crippen molar-refractivity contribution < 1.29 is 4.79 Å². The Morgan fingerprint density at radius 2 is 2.04 bits per heavy atom. The van der Waals surface area contributed by atoms with Gasteiger partial charge in [0, 0.05) is 10.4 Å². The largest absolute Gasteiger partial charge is 0.302 e. The van der Waals surface area contributed by atoms with Crippen LogP contribution in [0.25, 0.3) is 5.00 Å². The van der Waals surface area contributed by atoms with Gasteiger partial charge < -0.3 is 4.90 Å². The van der Waals surface area contributed by atoms with Gasteiger partial charge in [0.05, 0.1) is 17.1 Å². The number of hydrogen-bond acceptors (Lipinski definition) is 6. The Morgan fingerprint density at radius 1 is 1.28 bits per heavy atom. The molecule has 0 bridgehead atoms. The summed E-state index contributed by atoms with van der Waals surface area (Å²) < 4.78 is 1.65. The molecule has 25 heavy (non-hydrogen) atoms. The number of ketones is 1. The van der Waals surface area contributed by atoms with Gasteiger partial charge in [-0.1, -0.05) is 30.7 Å². The van der Waals surface area contributed by atoms with Gasteiger partial charge in [-0.2, -0.15) is 4.68 Å². The van der Waals surface area contributed by atoms with E-state index in [9.17, 15) is 4.79 Å². The highest BCUT2D eigenvalue weighted by Crippen LogP contribution is 2.30. The quantitative estimate of drug-likeness (QED) is 0.619. The van der Waals surface area contributed by atoms with E-state index in [1.807, 2.05) is 31.1 Å². The van der Waals surface area contributed by atoms with Gasteiger partial charge in [0.15, 0.2) is 11.6 Å². The van der Waals surface area contributed by atoms with Crippen LogP contribution in [0.1, 0.15) is 33.5 Å². The maximum absolute atomic E-state index is 13.1. The van der Waals surface area contributed by atoms with Gasteiger partial charge >= 0.3 is 0 Å². The number of halogens is 1. The summed E-state index contributed by atoms with van der Waals surface area (Å²) in [7, 11) is 3.89. The zero-order valence-corrected chi connectivity index (χ0v) is 15.8. The SMILES string of the molecule is CCc1cc(C(=O)c2ccccc2Cl)c(-n2nnnc2CN(C)C)s1. The van der Waals surface area contributed by atoms with Crippen LogP contribution in [0.4, 0.5) is 0 Å². The molecule has 2 heterocycles. The normalized spacial score (nSPS) is 11.2. The summed E-state index contributed by atoms with van der Waals surface area (Å²) in [5.74, 6) is 0.561. The number of hydrogen-bond donors (Lipinski definition) is 0. The molecule has 2 aromatic heterocycles. The number of carbonyl (C=O) groups excluding carboxylic acids is 1. The molecular formula is C17H18ClN5OS. The molecule has 130 valence electrons. The molecule has 0 saturated carbocycles. The predicted molar refractivity (Wildman–Crippen MR) is 98.7 cm³/mol. The van der Waals surface area contributed by atoms with Crippen LogP contribution in [0, 0.1) is 0 Å². The number of tetrazole rings is 1. The van der Waals surface area contributed by atoms with Crippen molar-refractivity contribution in [2.24, 2.45) is 0 Å². The van der Waals surface area contributed by atoms with Gasteiger partial charge in [-0.15, -0.1) is 16.4 Å². The molecule has 0 aliphatic heterocycles. The van der Waals surface area contributed by atoms with Crippen LogP contribution in [0.3, 0.4) is 0 Å². The Kier molecular flexibility index (Phi) is 5.27. The second-order valence-corrected chi connectivity index (χ2v) is 7.36. The van der Waals surface area contributed by atoms with Gasteiger partial charge in [-0.05, 0) is 49.1 Å². The van der Waals surface area contributed by atoms with Crippen molar-refractivity contribution in [3.8, 4) is 5.00 Å². The molecule has 0 saturated heterocycles. The highest BCUT2D eigenvalue weighted by molar-refractivity contribution is 7.15. The fourth-order valence-electron chi connectivity index (χ4n) is 2.46. The smallest absolute Gasteiger partial charge is 0.197 e. The summed E-state index contributed by atoms with van der Waals surface area (Å²) in [6.07, 6.45) is 0.832. The maximum atomic E-state index is 13.1. The first-order valence-corrected chi connectivity index (χ1v) is 9.05. The van der Waals surface area contributed by atoms with Crippen molar-refractivity contribution in [3.63, 3.8) is 0 Å². The van der Waals surface area contributed by atoms with E-state index in [2.05, 4.69) is 22.4 Å². The summed E-state index contributed by atoms with van der Waals surface area (Å²) in [6.45, 7) is 2.63. The fourth-order valence-corrected chi connectivity index (χ4v) is 3.74. The number of benzene rings is 1. The van der Waals surface area contributed by atoms with Gasteiger partial charge in [-0.25, -0.2) is 0 Å². The molecule has 0 aliphatic carbocycles.